The van der Waals surface area contributed by atoms with Gasteiger partial charge < -0.3 is 4.74 Å². The molecule has 29 heavy (non-hydrogen) atoms. The third kappa shape index (κ3) is 5.20. The van der Waals surface area contributed by atoms with Gasteiger partial charge in [-0.05, 0) is 35.9 Å². The number of benzene rings is 2. The molecular formula is C18H13Cl2F3N4O2. The van der Waals surface area contributed by atoms with Gasteiger partial charge in [0.1, 0.15) is 5.75 Å². The highest BCUT2D eigenvalue weighted by molar-refractivity contribution is 6.35. The Balaban J connectivity index is 2.08. The van der Waals surface area contributed by atoms with Crippen LogP contribution in [0.15, 0.2) is 42.5 Å². The zero-order valence-corrected chi connectivity index (χ0v) is 16.0. The number of aromatic nitrogens is 2. The highest BCUT2D eigenvalue weighted by Gasteiger charge is 2.31. The number of ether oxygens (including phenoxy) is 1. The van der Waals surface area contributed by atoms with E-state index in [1.807, 2.05) is 5.43 Å². The lowest BCUT2D eigenvalue weighted by Gasteiger charge is -2.10. The molecule has 3 aromatic rings. The fourth-order valence-electron chi connectivity index (χ4n) is 2.63. The van der Waals surface area contributed by atoms with E-state index in [2.05, 4.69) is 9.84 Å². The number of carbonyl (C=O) groups is 1. The van der Waals surface area contributed by atoms with Crippen molar-refractivity contribution in [2.24, 2.45) is 5.84 Å². The number of rotatable bonds is 5. The molecule has 1 heterocycles. The van der Waals surface area contributed by atoms with Crippen LogP contribution in [0.1, 0.15) is 11.3 Å². The standard InChI is InChI=1S/C18H13Cl2F3N4O2/c19-11-2-1-10(14(20)7-11)9-27-16-8-12(29-18(21,22)23)3-4-13(16)15(26-27)5-6-17(28)25-24/h1-8H,9,24H2,(H,25,28). The fourth-order valence-corrected chi connectivity index (χ4v) is 3.10. The number of hydrogen-bond acceptors (Lipinski definition) is 4. The van der Waals surface area contributed by atoms with E-state index < -0.39 is 18.0 Å². The van der Waals surface area contributed by atoms with E-state index in [4.69, 9.17) is 29.0 Å². The Kier molecular flexibility index (Phi) is 6.02. The smallest absolute Gasteiger partial charge is 0.406 e. The van der Waals surface area contributed by atoms with Crippen molar-refractivity contribution in [3.63, 3.8) is 0 Å². The van der Waals surface area contributed by atoms with Gasteiger partial charge in [0.05, 0.1) is 17.8 Å². The molecule has 0 atom stereocenters. The maximum absolute atomic E-state index is 12.6. The number of hydrogen-bond donors (Lipinski definition) is 2. The molecule has 1 amide bonds. The quantitative estimate of drug-likeness (QED) is 0.266. The van der Waals surface area contributed by atoms with Crippen LogP contribution in [0.3, 0.4) is 0 Å². The number of alkyl halides is 3. The Morgan fingerprint density at radius 1 is 1.24 bits per heavy atom. The van der Waals surface area contributed by atoms with E-state index in [1.165, 1.54) is 22.9 Å². The van der Waals surface area contributed by atoms with Crippen molar-refractivity contribution in [2.45, 2.75) is 12.9 Å². The molecule has 3 N–H and O–H groups in total. The molecule has 0 spiro atoms. The van der Waals surface area contributed by atoms with Gasteiger partial charge in [0.2, 0.25) is 0 Å². The summed E-state index contributed by atoms with van der Waals surface area (Å²) in [6, 6.07) is 8.67. The lowest BCUT2D eigenvalue weighted by atomic mass is 10.2. The lowest BCUT2D eigenvalue weighted by Crippen LogP contribution is -2.27. The molecule has 0 unspecified atom stereocenters. The summed E-state index contributed by atoms with van der Waals surface area (Å²) in [6.45, 7) is 0.152. The molecule has 0 radical (unpaired) electrons. The molecule has 0 aliphatic carbocycles. The van der Waals surface area contributed by atoms with Gasteiger partial charge >= 0.3 is 6.36 Å². The average molecular weight is 445 g/mol. The minimum Gasteiger partial charge on any atom is -0.406 e. The fraction of sp³-hybridized carbons (Fsp3) is 0.111. The summed E-state index contributed by atoms with van der Waals surface area (Å²) in [7, 11) is 0. The summed E-state index contributed by atoms with van der Waals surface area (Å²) in [5.41, 5.74) is 3.30. The van der Waals surface area contributed by atoms with E-state index >= 15 is 0 Å². The molecule has 0 aliphatic heterocycles. The number of carbonyl (C=O) groups excluding carboxylic acids is 1. The summed E-state index contributed by atoms with van der Waals surface area (Å²) in [4.78, 5) is 11.4. The number of nitrogens with two attached hydrogens (primary N) is 1. The molecule has 152 valence electrons. The maximum Gasteiger partial charge on any atom is 0.573 e. The normalized spacial score (nSPS) is 11.9. The van der Waals surface area contributed by atoms with Crippen molar-refractivity contribution < 1.29 is 22.7 Å². The Morgan fingerprint density at radius 3 is 2.66 bits per heavy atom. The summed E-state index contributed by atoms with van der Waals surface area (Å²) in [5, 5.41) is 5.70. The summed E-state index contributed by atoms with van der Waals surface area (Å²) >= 11 is 12.1. The van der Waals surface area contributed by atoms with Crippen LogP contribution >= 0.6 is 23.2 Å². The second-order valence-corrected chi connectivity index (χ2v) is 6.69. The largest absolute Gasteiger partial charge is 0.573 e. The third-order valence-corrected chi connectivity index (χ3v) is 4.44. The summed E-state index contributed by atoms with van der Waals surface area (Å²) in [5.74, 6) is 4.07. The number of hydrazine groups is 1. The van der Waals surface area contributed by atoms with Crippen LogP contribution in [0.25, 0.3) is 17.0 Å². The van der Waals surface area contributed by atoms with Gasteiger partial charge in [-0.1, -0.05) is 29.3 Å². The van der Waals surface area contributed by atoms with Gasteiger partial charge in [-0.2, -0.15) is 5.10 Å². The second-order valence-electron chi connectivity index (χ2n) is 5.85. The van der Waals surface area contributed by atoms with E-state index in [0.717, 1.165) is 12.1 Å². The van der Waals surface area contributed by atoms with Gasteiger partial charge in [0, 0.05) is 27.6 Å². The van der Waals surface area contributed by atoms with Gasteiger partial charge in [-0.15, -0.1) is 13.2 Å². The van der Waals surface area contributed by atoms with Gasteiger partial charge in [-0.25, -0.2) is 5.84 Å². The third-order valence-electron chi connectivity index (χ3n) is 3.86. The lowest BCUT2D eigenvalue weighted by molar-refractivity contribution is -0.274. The minimum atomic E-state index is -4.83. The number of nitrogens with zero attached hydrogens (tertiary/aromatic N) is 2. The van der Waals surface area contributed by atoms with E-state index in [-0.39, 0.29) is 6.54 Å². The molecule has 0 aliphatic rings. The van der Waals surface area contributed by atoms with Crippen LogP contribution < -0.4 is 16.0 Å². The average Bonchev–Trinajstić information content (AvgIpc) is 2.97. The molecule has 0 saturated carbocycles. The van der Waals surface area contributed by atoms with Crippen molar-refractivity contribution in [3.05, 3.63) is 63.8 Å². The first-order chi connectivity index (χ1) is 13.7. The topological polar surface area (TPSA) is 82.2 Å². The van der Waals surface area contributed by atoms with Crippen LogP contribution in [0, 0.1) is 0 Å². The Morgan fingerprint density at radius 2 is 2.00 bits per heavy atom. The molecular weight excluding hydrogens is 432 g/mol. The Labute approximate surface area is 172 Å². The molecule has 1 aromatic heterocycles. The minimum absolute atomic E-state index is 0.152. The van der Waals surface area contributed by atoms with Crippen molar-refractivity contribution in [3.8, 4) is 5.75 Å². The Hall–Kier alpha value is -2.75. The van der Waals surface area contributed by atoms with Gasteiger partial charge in [0.15, 0.2) is 0 Å². The number of fused-ring (bicyclic) bond motifs is 1. The number of amides is 1. The molecule has 0 bridgehead atoms. The van der Waals surface area contributed by atoms with Gasteiger partial charge in [-0.3, -0.25) is 14.9 Å². The SMILES string of the molecule is NNC(=O)C=Cc1nn(Cc2ccc(Cl)cc2Cl)c2cc(OC(F)(F)F)ccc12. The number of halogens is 5. The molecule has 6 nitrogen and oxygen atoms in total. The predicted octanol–water partition coefficient (Wildman–Crippen LogP) is 4.29. The first kappa shape index (κ1) is 21.0. The molecule has 3 rings (SSSR count). The maximum atomic E-state index is 12.6. The zero-order valence-electron chi connectivity index (χ0n) is 14.5. The van der Waals surface area contributed by atoms with Gasteiger partial charge in [0.25, 0.3) is 5.91 Å². The highest BCUT2D eigenvalue weighted by Crippen LogP contribution is 2.30. The van der Waals surface area contributed by atoms with E-state index in [9.17, 15) is 18.0 Å². The van der Waals surface area contributed by atoms with Crippen LogP contribution in [0.2, 0.25) is 10.0 Å². The summed E-state index contributed by atoms with van der Waals surface area (Å²) in [6.07, 6.45) is -2.28. The molecule has 0 saturated heterocycles. The highest BCUT2D eigenvalue weighted by atomic mass is 35.5. The van der Waals surface area contributed by atoms with Crippen molar-refractivity contribution in [1.82, 2.24) is 15.2 Å². The van der Waals surface area contributed by atoms with Crippen LogP contribution in [-0.2, 0) is 11.3 Å². The first-order valence-corrected chi connectivity index (χ1v) is 8.81. The van der Waals surface area contributed by atoms with Crippen LogP contribution in [-0.4, -0.2) is 22.1 Å². The number of nitrogens with one attached hydrogen (secondary N) is 1. The molecule has 0 fully saturated rings. The molecule has 2 aromatic carbocycles. The first-order valence-electron chi connectivity index (χ1n) is 8.05. The monoisotopic (exact) mass is 444 g/mol. The van der Waals surface area contributed by atoms with E-state index in [0.29, 0.717) is 32.2 Å². The van der Waals surface area contributed by atoms with Crippen molar-refractivity contribution >= 4 is 46.1 Å². The van der Waals surface area contributed by atoms with Crippen LogP contribution in [0.4, 0.5) is 13.2 Å². The van der Waals surface area contributed by atoms with Crippen molar-refractivity contribution in [1.29, 1.82) is 0 Å². The van der Waals surface area contributed by atoms with Crippen molar-refractivity contribution in [2.75, 3.05) is 0 Å². The van der Waals surface area contributed by atoms with Crippen LogP contribution in [0.5, 0.6) is 5.75 Å². The predicted molar refractivity (Wildman–Crippen MR) is 103 cm³/mol. The second kappa shape index (κ2) is 8.32. The molecule has 11 heteroatoms. The van der Waals surface area contributed by atoms with E-state index in [1.54, 1.807) is 18.2 Å². The summed E-state index contributed by atoms with van der Waals surface area (Å²) < 4.78 is 43.2. The zero-order chi connectivity index (χ0) is 21.2. The Bertz CT molecular complexity index is 1100.